The predicted molar refractivity (Wildman–Crippen MR) is 96.8 cm³/mol. The number of carbonyl (C=O) groups is 2. The van der Waals surface area contributed by atoms with Crippen LogP contribution in [0.3, 0.4) is 0 Å². The lowest BCUT2D eigenvalue weighted by molar-refractivity contribution is -0.137. The molecular formula is C18H17F3N2O3S. The van der Waals surface area contributed by atoms with Gasteiger partial charge in [-0.25, -0.2) is 0 Å². The lowest BCUT2D eigenvalue weighted by Crippen LogP contribution is -2.36. The number of nitrogens with one attached hydrogen (secondary N) is 1. The van der Waals surface area contributed by atoms with Crippen molar-refractivity contribution in [1.29, 1.82) is 0 Å². The van der Waals surface area contributed by atoms with E-state index in [1.54, 1.807) is 0 Å². The third-order valence-corrected chi connectivity index (χ3v) is 5.29. The number of Topliss-reactive ketones (excluding diaryl/α,β-unsaturated/α-hetero) is 1. The smallest absolute Gasteiger partial charge is 0.378 e. The van der Waals surface area contributed by atoms with Crippen molar-refractivity contribution >= 4 is 34.4 Å². The first-order valence-corrected chi connectivity index (χ1v) is 9.03. The number of carbonyl (C=O) groups excluding carboxylic acids is 2. The number of alkyl halides is 3. The molecule has 0 atom stereocenters. The monoisotopic (exact) mass is 398 g/mol. The van der Waals surface area contributed by atoms with Gasteiger partial charge < -0.3 is 15.0 Å². The van der Waals surface area contributed by atoms with Crippen LogP contribution >= 0.6 is 11.3 Å². The van der Waals surface area contributed by atoms with Crippen molar-refractivity contribution < 1.29 is 27.5 Å². The molecule has 1 aliphatic rings. The zero-order valence-electron chi connectivity index (χ0n) is 14.4. The first kappa shape index (κ1) is 19.4. The second-order valence-corrected chi connectivity index (χ2v) is 7.09. The number of anilines is 2. The zero-order valence-corrected chi connectivity index (χ0v) is 15.2. The minimum absolute atomic E-state index is 0.0782. The van der Waals surface area contributed by atoms with Crippen LogP contribution in [0.15, 0.2) is 30.3 Å². The summed E-state index contributed by atoms with van der Waals surface area (Å²) in [6.45, 7) is 3.34. The molecule has 3 rings (SSSR count). The number of amides is 1. The van der Waals surface area contributed by atoms with E-state index in [1.165, 1.54) is 25.1 Å². The number of nitrogens with zero attached hydrogens (tertiary/aromatic N) is 1. The average molecular weight is 398 g/mol. The van der Waals surface area contributed by atoms with Crippen molar-refractivity contribution in [3.05, 3.63) is 45.6 Å². The van der Waals surface area contributed by atoms with Crippen molar-refractivity contribution in [2.45, 2.75) is 13.1 Å². The van der Waals surface area contributed by atoms with Crippen molar-refractivity contribution in [1.82, 2.24) is 0 Å². The van der Waals surface area contributed by atoms with Gasteiger partial charge in [-0.05, 0) is 37.3 Å². The molecule has 1 N–H and O–H groups in total. The number of thiophene rings is 1. The van der Waals surface area contributed by atoms with Gasteiger partial charge in [-0.15, -0.1) is 11.3 Å². The van der Waals surface area contributed by atoms with Crippen LogP contribution in [-0.2, 0) is 10.9 Å². The van der Waals surface area contributed by atoms with Crippen molar-refractivity contribution in [3.63, 3.8) is 0 Å². The zero-order chi connectivity index (χ0) is 19.6. The number of ketones is 1. The Morgan fingerprint density at radius 2 is 1.78 bits per heavy atom. The Balaban J connectivity index is 1.92. The Labute approximate surface area is 157 Å². The molecule has 1 amide bonds. The van der Waals surface area contributed by atoms with Gasteiger partial charge in [-0.1, -0.05) is 0 Å². The van der Waals surface area contributed by atoms with Crippen LogP contribution in [0.5, 0.6) is 0 Å². The van der Waals surface area contributed by atoms with E-state index in [4.69, 9.17) is 4.74 Å². The molecule has 27 heavy (non-hydrogen) atoms. The SMILES string of the molecule is CC(=O)c1ccc(C(=O)Nc2cc(C(F)(F)F)ccc2N2CCOCC2)s1. The van der Waals surface area contributed by atoms with Gasteiger partial charge >= 0.3 is 6.18 Å². The van der Waals surface area contributed by atoms with Crippen molar-refractivity contribution in [3.8, 4) is 0 Å². The Morgan fingerprint density at radius 1 is 1.11 bits per heavy atom. The highest BCUT2D eigenvalue weighted by Crippen LogP contribution is 2.36. The Morgan fingerprint density at radius 3 is 2.37 bits per heavy atom. The van der Waals surface area contributed by atoms with E-state index in [-0.39, 0.29) is 16.3 Å². The summed E-state index contributed by atoms with van der Waals surface area (Å²) in [5, 5.41) is 2.57. The second kappa shape index (κ2) is 7.69. The molecule has 1 aromatic heterocycles. The van der Waals surface area contributed by atoms with Crippen LogP contribution in [0, 0.1) is 0 Å². The van der Waals surface area contributed by atoms with Gasteiger partial charge in [0.15, 0.2) is 5.78 Å². The number of rotatable bonds is 4. The number of morpholine rings is 1. The topological polar surface area (TPSA) is 58.6 Å². The molecule has 1 aromatic carbocycles. The van der Waals surface area contributed by atoms with E-state index in [0.717, 1.165) is 23.5 Å². The fourth-order valence-electron chi connectivity index (χ4n) is 2.73. The molecule has 2 aromatic rings. The number of benzene rings is 1. The highest BCUT2D eigenvalue weighted by molar-refractivity contribution is 7.16. The van der Waals surface area contributed by atoms with Crippen LogP contribution in [0.4, 0.5) is 24.5 Å². The van der Waals surface area contributed by atoms with Crippen LogP contribution in [0.25, 0.3) is 0 Å². The van der Waals surface area contributed by atoms with Crippen molar-refractivity contribution in [2.75, 3.05) is 36.5 Å². The molecule has 2 heterocycles. The number of ether oxygens (including phenoxy) is 1. The lowest BCUT2D eigenvalue weighted by atomic mass is 10.1. The molecule has 1 fully saturated rings. The van der Waals surface area contributed by atoms with Gasteiger partial charge in [-0.2, -0.15) is 13.2 Å². The van der Waals surface area contributed by atoms with E-state index < -0.39 is 17.6 Å². The second-order valence-electron chi connectivity index (χ2n) is 6.00. The first-order chi connectivity index (χ1) is 12.8. The summed E-state index contributed by atoms with van der Waals surface area (Å²) in [7, 11) is 0. The van der Waals surface area contributed by atoms with Gasteiger partial charge in [-0.3, -0.25) is 9.59 Å². The van der Waals surface area contributed by atoms with Gasteiger partial charge in [0.1, 0.15) is 0 Å². The van der Waals surface area contributed by atoms with Crippen LogP contribution in [0.2, 0.25) is 0 Å². The van der Waals surface area contributed by atoms with E-state index in [9.17, 15) is 22.8 Å². The molecule has 1 aliphatic heterocycles. The summed E-state index contributed by atoms with van der Waals surface area (Å²) in [6, 6.07) is 6.30. The summed E-state index contributed by atoms with van der Waals surface area (Å²) in [6.07, 6.45) is -4.52. The van der Waals surface area contributed by atoms with Crippen LogP contribution in [0.1, 0.15) is 31.8 Å². The quantitative estimate of drug-likeness (QED) is 0.790. The van der Waals surface area contributed by atoms with Gasteiger partial charge in [0.25, 0.3) is 5.91 Å². The minimum Gasteiger partial charge on any atom is -0.378 e. The first-order valence-electron chi connectivity index (χ1n) is 8.22. The fourth-order valence-corrected chi connectivity index (χ4v) is 3.52. The summed E-state index contributed by atoms with van der Waals surface area (Å²) < 4.78 is 44.6. The maximum absolute atomic E-state index is 13.1. The van der Waals surface area contributed by atoms with E-state index in [2.05, 4.69) is 5.32 Å². The normalized spacial score (nSPS) is 14.9. The largest absolute Gasteiger partial charge is 0.416 e. The number of hydrogen-bond acceptors (Lipinski definition) is 5. The van der Waals surface area contributed by atoms with Crippen molar-refractivity contribution in [2.24, 2.45) is 0 Å². The lowest BCUT2D eigenvalue weighted by Gasteiger charge is -2.31. The van der Waals surface area contributed by atoms with Gasteiger partial charge in [0.2, 0.25) is 0 Å². The van der Waals surface area contributed by atoms with E-state index in [0.29, 0.717) is 36.9 Å². The standard InChI is InChI=1S/C18H17F3N2O3S/c1-11(24)15-4-5-16(27-15)17(25)22-13-10-12(18(19,20)21)2-3-14(13)23-6-8-26-9-7-23/h2-5,10H,6-9H2,1H3,(H,22,25). The third-order valence-electron chi connectivity index (χ3n) is 4.10. The maximum Gasteiger partial charge on any atom is 0.416 e. The Bertz CT molecular complexity index is 858. The molecule has 0 aliphatic carbocycles. The van der Waals surface area contributed by atoms with Gasteiger partial charge in [0.05, 0.1) is 39.9 Å². The molecule has 0 bridgehead atoms. The summed E-state index contributed by atoms with van der Waals surface area (Å²) in [5.74, 6) is -0.728. The van der Waals surface area contributed by atoms with Crippen LogP contribution < -0.4 is 10.2 Å². The van der Waals surface area contributed by atoms with Crippen LogP contribution in [-0.4, -0.2) is 38.0 Å². The fraction of sp³-hybridized carbons (Fsp3) is 0.333. The summed E-state index contributed by atoms with van der Waals surface area (Å²) in [4.78, 5) is 26.4. The number of hydrogen-bond donors (Lipinski definition) is 1. The molecule has 144 valence electrons. The highest BCUT2D eigenvalue weighted by atomic mass is 32.1. The molecule has 5 nitrogen and oxygen atoms in total. The Kier molecular flexibility index (Phi) is 5.52. The maximum atomic E-state index is 13.1. The van der Waals surface area contributed by atoms with E-state index >= 15 is 0 Å². The molecule has 0 radical (unpaired) electrons. The highest BCUT2D eigenvalue weighted by Gasteiger charge is 2.32. The van der Waals surface area contributed by atoms with Gasteiger partial charge in [0, 0.05) is 13.1 Å². The Hall–Kier alpha value is -2.39. The molecule has 1 saturated heterocycles. The van der Waals surface area contributed by atoms with E-state index in [1.807, 2.05) is 4.90 Å². The summed E-state index contributed by atoms with van der Waals surface area (Å²) >= 11 is 1.00. The minimum atomic E-state index is -4.52. The number of halogens is 3. The molecule has 0 unspecified atom stereocenters. The summed E-state index contributed by atoms with van der Waals surface area (Å²) in [5.41, 5.74) is -0.261. The molecule has 9 heteroatoms. The molecule has 0 saturated carbocycles. The molecule has 0 spiro atoms. The third kappa shape index (κ3) is 4.48. The predicted octanol–water partition coefficient (Wildman–Crippen LogP) is 4.06. The average Bonchev–Trinajstić information content (AvgIpc) is 3.12. The molecular weight excluding hydrogens is 381 g/mol.